The normalized spacial score (nSPS) is 17.1. The molecule has 0 saturated heterocycles. The standard InChI is InChI=1S/C23H21ClN4O4/c1-31-19-7-6-15(11-20(19)32-2)22(30)28-9-8-18-16(13-28)12-25-23(26-18)27-21(29)14-4-3-5-17(24)10-14/h3-7,10-13,23H,8-9H2,1-2H3,(H,27,29). The van der Waals surface area contributed by atoms with E-state index in [1.165, 1.54) is 7.11 Å². The summed E-state index contributed by atoms with van der Waals surface area (Å²) in [6, 6.07) is 11.7. The lowest BCUT2D eigenvalue weighted by Crippen LogP contribution is -2.38. The number of carbonyl (C=O) groups is 2. The predicted molar refractivity (Wildman–Crippen MR) is 122 cm³/mol. The summed E-state index contributed by atoms with van der Waals surface area (Å²) in [5.74, 6) is 0.568. The number of aliphatic imine (C=N–C) groups is 2. The molecule has 9 heteroatoms. The Balaban J connectivity index is 1.46. The van der Waals surface area contributed by atoms with Crippen LogP contribution in [0.2, 0.25) is 5.02 Å². The highest BCUT2D eigenvalue weighted by atomic mass is 35.5. The van der Waals surface area contributed by atoms with E-state index in [2.05, 4.69) is 15.3 Å². The third kappa shape index (κ3) is 4.50. The largest absolute Gasteiger partial charge is 0.493 e. The number of nitrogens with one attached hydrogen (secondary N) is 1. The van der Waals surface area contributed by atoms with Crippen molar-refractivity contribution in [1.29, 1.82) is 0 Å². The molecule has 0 bridgehead atoms. The number of benzene rings is 2. The zero-order valence-electron chi connectivity index (χ0n) is 17.5. The Bertz CT molecular complexity index is 1160. The van der Waals surface area contributed by atoms with Gasteiger partial charge < -0.3 is 19.7 Å². The second-order valence-corrected chi connectivity index (χ2v) is 7.55. The number of hydrogen-bond acceptors (Lipinski definition) is 6. The number of fused-ring (bicyclic) bond motifs is 1. The van der Waals surface area contributed by atoms with Gasteiger partial charge in [0.15, 0.2) is 11.5 Å². The summed E-state index contributed by atoms with van der Waals surface area (Å²) in [4.78, 5) is 35.8. The summed E-state index contributed by atoms with van der Waals surface area (Å²) in [6.07, 6.45) is 3.17. The Kier molecular flexibility index (Phi) is 6.23. The van der Waals surface area contributed by atoms with Gasteiger partial charge in [-0.3, -0.25) is 9.59 Å². The van der Waals surface area contributed by atoms with Crippen LogP contribution in [0.25, 0.3) is 0 Å². The Morgan fingerprint density at radius 1 is 1.09 bits per heavy atom. The van der Waals surface area contributed by atoms with Gasteiger partial charge >= 0.3 is 0 Å². The Labute approximate surface area is 190 Å². The fourth-order valence-electron chi connectivity index (χ4n) is 3.45. The SMILES string of the molecule is COc1ccc(C(=O)N2C=C3C=NC(NC(=O)c4cccc(Cl)c4)N=C3CC2)cc1OC. The fourth-order valence-corrected chi connectivity index (χ4v) is 3.64. The monoisotopic (exact) mass is 452 g/mol. The van der Waals surface area contributed by atoms with Crippen molar-refractivity contribution in [3.05, 3.63) is 70.4 Å². The predicted octanol–water partition coefficient (Wildman–Crippen LogP) is 3.33. The van der Waals surface area contributed by atoms with Gasteiger partial charge in [0.1, 0.15) is 0 Å². The topological polar surface area (TPSA) is 92.6 Å². The molecule has 2 aliphatic rings. The lowest BCUT2D eigenvalue weighted by molar-refractivity contribution is 0.0822. The Hall–Kier alpha value is -3.65. The van der Waals surface area contributed by atoms with Crippen molar-refractivity contribution in [2.75, 3.05) is 20.8 Å². The molecular formula is C23H21ClN4O4. The lowest BCUT2D eigenvalue weighted by Gasteiger charge is -2.28. The van der Waals surface area contributed by atoms with Gasteiger partial charge in [0.2, 0.25) is 6.29 Å². The highest BCUT2D eigenvalue weighted by molar-refractivity contribution is 6.31. The third-order valence-corrected chi connectivity index (χ3v) is 5.32. The number of halogens is 1. The van der Waals surface area contributed by atoms with Gasteiger partial charge in [-0.1, -0.05) is 17.7 Å². The average Bonchev–Trinajstić information content (AvgIpc) is 2.82. The van der Waals surface area contributed by atoms with Crippen molar-refractivity contribution >= 4 is 35.3 Å². The molecule has 2 aromatic rings. The molecule has 8 nitrogen and oxygen atoms in total. The minimum atomic E-state index is -0.721. The number of ether oxygens (including phenoxy) is 2. The van der Waals surface area contributed by atoms with E-state index < -0.39 is 6.29 Å². The molecule has 2 aromatic carbocycles. The van der Waals surface area contributed by atoms with Crippen LogP contribution in [0, 0.1) is 0 Å². The molecule has 0 aromatic heterocycles. The van der Waals surface area contributed by atoms with Gasteiger partial charge in [-0.15, -0.1) is 0 Å². The molecule has 0 radical (unpaired) electrons. The van der Waals surface area contributed by atoms with Gasteiger partial charge in [0, 0.05) is 47.1 Å². The molecule has 1 unspecified atom stereocenters. The highest BCUT2D eigenvalue weighted by Gasteiger charge is 2.25. The van der Waals surface area contributed by atoms with Crippen LogP contribution in [-0.2, 0) is 0 Å². The maximum absolute atomic E-state index is 13.0. The summed E-state index contributed by atoms with van der Waals surface area (Å²) in [6.45, 7) is 0.457. The number of hydrogen-bond donors (Lipinski definition) is 1. The molecule has 1 N–H and O–H groups in total. The van der Waals surface area contributed by atoms with Crippen molar-refractivity contribution in [1.82, 2.24) is 10.2 Å². The number of amides is 2. The number of carbonyl (C=O) groups excluding carboxylic acids is 2. The summed E-state index contributed by atoms with van der Waals surface area (Å²) in [5, 5.41) is 3.24. The third-order valence-electron chi connectivity index (χ3n) is 5.09. The minimum Gasteiger partial charge on any atom is -0.493 e. The van der Waals surface area contributed by atoms with E-state index in [-0.39, 0.29) is 11.8 Å². The van der Waals surface area contributed by atoms with Crippen molar-refractivity contribution in [2.45, 2.75) is 12.7 Å². The van der Waals surface area contributed by atoms with Gasteiger partial charge in [-0.05, 0) is 36.4 Å². The van der Waals surface area contributed by atoms with Crippen LogP contribution in [0.1, 0.15) is 27.1 Å². The van der Waals surface area contributed by atoms with Crippen LogP contribution >= 0.6 is 11.6 Å². The second kappa shape index (κ2) is 9.23. The summed E-state index contributed by atoms with van der Waals surface area (Å²) in [7, 11) is 3.07. The van der Waals surface area contributed by atoms with E-state index >= 15 is 0 Å². The van der Waals surface area contributed by atoms with Crippen molar-refractivity contribution in [3.63, 3.8) is 0 Å². The molecule has 4 rings (SSSR count). The van der Waals surface area contributed by atoms with E-state index in [9.17, 15) is 9.59 Å². The Morgan fingerprint density at radius 3 is 2.66 bits per heavy atom. The molecule has 2 amide bonds. The van der Waals surface area contributed by atoms with Gasteiger partial charge in [0.05, 0.1) is 19.9 Å². The molecule has 1 atom stereocenters. The van der Waals surface area contributed by atoms with Crippen molar-refractivity contribution < 1.29 is 19.1 Å². The first kappa shape index (κ1) is 21.6. The van der Waals surface area contributed by atoms with E-state index in [4.69, 9.17) is 21.1 Å². The number of allylic oxidation sites excluding steroid dienone is 1. The van der Waals surface area contributed by atoms with Gasteiger partial charge in [-0.25, -0.2) is 9.98 Å². The minimum absolute atomic E-state index is 0.165. The fraction of sp³-hybridized carbons (Fsp3) is 0.217. The molecular weight excluding hydrogens is 432 g/mol. The highest BCUT2D eigenvalue weighted by Crippen LogP contribution is 2.28. The van der Waals surface area contributed by atoms with Gasteiger partial charge in [-0.2, -0.15) is 0 Å². The summed E-state index contributed by atoms with van der Waals surface area (Å²) >= 11 is 5.95. The van der Waals surface area contributed by atoms with E-state index in [1.54, 1.807) is 66.9 Å². The number of nitrogens with zero attached hydrogens (tertiary/aromatic N) is 3. The summed E-state index contributed by atoms with van der Waals surface area (Å²) < 4.78 is 10.5. The summed E-state index contributed by atoms with van der Waals surface area (Å²) in [5.41, 5.74) is 2.44. The first-order chi connectivity index (χ1) is 15.5. The molecule has 0 aliphatic carbocycles. The van der Waals surface area contributed by atoms with E-state index in [0.717, 1.165) is 11.3 Å². The molecule has 2 heterocycles. The zero-order valence-corrected chi connectivity index (χ0v) is 18.3. The molecule has 2 aliphatic heterocycles. The maximum atomic E-state index is 13.0. The first-order valence-corrected chi connectivity index (χ1v) is 10.3. The molecule has 164 valence electrons. The lowest BCUT2D eigenvalue weighted by atomic mass is 10.0. The van der Waals surface area contributed by atoms with Crippen LogP contribution in [-0.4, -0.2) is 55.7 Å². The first-order valence-electron chi connectivity index (χ1n) is 9.90. The van der Waals surface area contributed by atoms with Crippen LogP contribution in [0.4, 0.5) is 0 Å². The molecule has 0 spiro atoms. The van der Waals surface area contributed by atoms with Crippen molar-refractivity contribution in [2.24, 2.45) is 9.98 Å². The van der Waals surface area contributed by atoms with Crippen molar-refractivity contribution in [3.8, 4) is 11.5 Å². The Morgan fingerprint density at radius 2 is 1.91 bits per heavy atom. The van der Waals surface area contributed by atoms with Gasteiger partial charge in [0.25, 0.3) is 11.8 Å². The second-order valence-electron chi connectivity index (χ2n) is 7.11. The molecule has 32 heavy (non-hydrogen) atoms. The smallest absolute Gasteiger partial charge is 0.257 e. The molecule has 0 saturated carbocycles. The van der Waals surface area contributed by atoms with E-state index in [1.807, 2.05) is 0 Å². The molecule has 0 fully saturated rings. The average molecular weight is 453 g/mol. The van der Waals surface area contributed by atoms with E-state index in [0.29, 0.717) is 40.6 Å². The van der Waals surface area contributed by atoms with Crippen LogP contribution < -0.4 is 14.8 Å². The van der Waals surface area contributed by atoms with Crippen LogP contribution in [0.3, 0.4) is 0 Å². The van der Waals surface area contributed by atoms with Crippen LogP contribution in [0.5, 0.6) is 11.5 Å². The quantitative estimate of drug-likeness (QED) is 0.753. The zero-order chi connectivity index (χ0) is 22.7. The number of methoxy groups -OCH3 is 2. The number of rotatable bonds is 5. The maximum Gasteiger partial charge on any atom is 0.257 e. The van der Waals surface area contributed by atoms with Crippen LogP contribution in [0.15, 0.2) is 64.2 Å².